The maximum Gasteiger partial charge on any atom is 0.272 e. The van der Waals surface area contributed by atoms with Gasteiger partial charge in [0.15, 0.2) is 0 Å². The molecular formula is C12H18N2O3. The number of nitrogens with zero attached hydrogens (tertiary/aromatic N) is 1. The van der Waals surface area contributed by atoms with Gasteiger partial charge in [0.1, 0.15) is 5.75 Å². The van der Waals surface area contributed by atoms with Crippen molar-refractivity contribution in [3.8, 4) is 5.75 Å². The summed E-state index contributed by atoms with van der Waals surface area (Å²) in [6.45, 7) is 3.75. The Morgan fingerprint density at radius 2 is 2.18 bits per heavy atom. The quantitative estimate of drug-likeness (QED) is 0.449. The fourth-order valence-electron chi connectivity index (χ4n) is 1.59. The summed E-state index contributed by atoms with van der Waals surface area (Å²) >= 11 is 0. The lowest BCUT2D eigenvalue weighted by Crippen LogP contribution is -2.18. The predicted molar refractivity (Wildman–Crippen MR) is 66.5 cm³/mol. The first-order valence-electron chi connectivity index (χ1n) is 5.71. The molecule has 0 unspecified atom stereocenters. The second kappa shape index (κ2) is 6.85. The smallest absolute Gasteiger partial charge is 0.272 e. The molecule has 94 valence electrons. The summed E-state index contributed by atoms with van der Waals surface area (Å²) in [4.78, 5) is 10.5. The molecule has 0 bridgehead atoms. The van der Waals surface area contributed by atoms with E-state index in [1.54, 1.807) is 19.2 Å². The van der Waals surface area contributed by atoms with Crippen molar-refractivity contribution < 1.29 is 9.66 Å². The van der Waals surface area contributed by atoms with Crippen LogP contribution in [0.5, 0.6) is 5.75 Å². The number of ether oxygens (including phenoxy) is 1. The van der Waals surface area contributed by atoms with E-state index in [2.05, 4.69) is 12.2 Å². The molecule has 0 aromatic heterocycles. The Hall–Kier alpha value is -1.62. The first kappa shape index (κ1) is 13.4. The highest BCUT2D eigenvalue weighted by Gasteiger charge is 2.13. The molecule has 0 aliphatic rings. The third-order valence-corrected chi connectivity index (χ3v) is 2.48. The van der Waals surface area contributed by atoms with Gasteiger partial charge in [0.2, 0.25) is 0 Å². The van der Waals surface area contributed by atoms with Gasteiger partial charge < -0.3 is 10.1 Å². The van der Waals surface area contributed by atoms with Gasteiger partial charge in [-0.3, -0.25) is 10.1 Å². The van der Waals surface area contributed by atoms with E-state index in [9.17, 15) is 10.1 Å². The summed E-state index contributed by atoms with van der Waals surface area (Å²) in [5.41, 5.74) is 0.863. The highest BCUT2D eigenvalue weighted by atomic mass is 16.6. The molecule has 0 saturated heterocycles. The van der Waals surface area contributed by atoms with Gasteiger partial charge in [0.25, 0.3) is 5.69 Å². The van der Waals surface area contributed by atoms with Crippen LogP contribution in [-0.4, -0.2) is 25.1 Å². The SMILES string of the molecule is CCCNCCc1cc(OC)ccc1[N+](=O)[O-]. The number of benzene rings is 1. The van der Waals surface area contributed by atoms with Crippen molar-refractivity contribution in [3.63, 3.8) is 0 Å². The Bertz CT molecular complexity index is 380. The first-order valence-corrected chi connectivity index (χ1v) is 5.71. The fraction of sp³-hybridized carbons (Fsp3) is 0.500. The number of nitro groups is 1. The summed E-state index contributed by atoms with van der Waals surface area (Å²) in [5, 5.41) is 14.1. The van der Waals surface area contributed by atoms with Crippen LogP contribution >= 0.6 is 0 Å². The predicted octanol–water partition coefficient (Wildman–Crippen LogP) is 2.15. The molecule has 1 aromatic rings. The van der Waals surface area contributed by atoms with Crippen LogP contribution in [0.4, 0.5) is 5.69 Å². The number of nitro benzene ring substituents is 1. The van der Waals surface area contributed by atoms with Gasteiger partial charge in [-0.05, 0) is 38.1 Å². The van der Waals surface area contributed by atoms with Crippen molar-refractivity contribution in [2.75, 3.05) is 20.2 Å². The summed E-state index contributed by atoms with van der Waals surface area (Å²) in [7, 11) is 1.56. The van der Waals surface area contributed by atoms with Crippen molar-refractivity contribution >= 4 is 5.69 Å². The van der Waals surface area contributed by atoms with Crippen molar-refractivity contribution in [2.24, 2.45) is 0 Å². The van der Waals surface area contributed by atoms with Crippen LogP contribution in [0, 0.1) is 10.1 Å². The Balaban J connectivity index is 2.75. The van der Waals surface area contributed by atoms with Gasteiger partial charge in [0.05, 0.1) is 12.0 Å². The van der Waals surface area contributed by atoms with Gasteiger partial charge in [-0.1, -0.05) is 6.92 Å². The standard InChI is InChI=1S/C12H18N2O3/c1-3-7-13-8-6-10-9-11(17-2)4-5-12(10)14(15)16/h4-5,9,13H,3,6-8H2,1-2H3. The Morgan fingerprint density at radius 3 is 2.76 bits per heavy atom. The van der Waals surface area contributed by atoms with Crippen LogP contribution in [0.3, 0.4) is 0 Å². The van der Waals surface area contributed by atoms with Gasteiger partial charge in [-0.2, -0.15) is 0 Å². The molecule has 17 heavy (non-hydrogen) atoms. The molecular weight excluding hydrogens is 220 g/mol. The largest absolute Gasteiger partial charge is 0.497 e. The van der Waals surface area contributed by atoms with E-state index in [-0.39, 0.29) is 10.6 Å². The fourth-order valence-corrected chi connectivity index (χ4v) is 1.59. The molecule has 1 N–H and O–H groups in total. The topological polar surface area (TPSA) is 64.4 Å². The number of rotatable bonds is 7. The molecule has 0 atom stereocenters. The molecule has 5 heteroatoms. The Morgan fingerprint density at radius 1 is 1.41 bits per heavy atom. The van der Waals surface area contributed by atoms with Crippen LogP contribution in [0.2, 0.25) is 0 Å². The van der Waals surface area contributed by atoms with Gasteiger partial charge >= 0.3 is 0 Å². The number of hydrogen-bond donors (Lipinski definition) is 1. The number of methoxy groups -OCH3 is 1. The lowest BCUT2D eigenvalue weighted by Gasteiger charge is -2.06. The minimum atomic E-state index is -0.353. The number of nitrogens with one attached hydrogen (secondary N) is 1. The van der Waals surface area contributed by atoms with Gasteiger partial charge in [-0.15, -0.1) is 0 Å². The summed E-state index contributed by atoms with van der Waals surface area (Å²) < 4.78 is 5.07. The van der Waals surface area contributed by atoms with E-state index in [4.69, 9.17) is 4.74 Å². The molecule has 5 nitrogen and oxygen atoms in total. The van der Waals surface area contributed by atoms with E-state index < -0.39 is 0 Å². The minimum absolute atomic E-state index is 0.157. The average molecular weight is 238 g/mol. The molecule has 0 aliphatic carbocycles. The molecule has 0 heterocycles. The molecule has 0 aliphatic heterocycles. The molecule has 0 radical (unpaired) electrons. The Labute approximate surface area is 101 Å². The highest BCUT2D eigenvalue weighted by molar-refractivity contribution is 5.45. The lowest BCUT2D eigenvalue weighted by atomic mass is 10.1. The summed E-state index contributed by atoms with van der Waals surface area (Å²) in [6, 6.07) is 4.83. The maximum absolute atomic E-state index is 10.9. The maximum atomic E-state index is 10.9. The minimum Gasteiger partial charge on any atom is -0.497 e. The van der Waals surface area contributed by atoms with E-state index >= 15 is 0 Å². The third-order valence-electron chi connectivity index (χ3n) is 2.48. The van der Waals surface area contributed by atoms with Crippen LogP contribution < -0.4 is 10.1 Å². The number of hydrogen-bond acceptors (Lipinski definition) is 4. The molecule has 0 amide bonds. The van der Waals surface area contributed by atoms with Crippen LogP contribution in [0.25, 0.3) is 0 Å². The van der Waals surface area contributed by atoms with Gasteiger partial charge in [0, 0.05) is 11.6 Å². The summed E-state index contributed by atoms with van der Waals surface area (Å²) in [6.07, 6.45) is 1.69. The molecule has 0 saturated carbocycles. The lowest BCUT2D eigenvalue weighted by molar-refractivity contribution is -0.385. The first-order chi connectivity index (χ1) is 8.19. The zero-order valence-corrected chi connectivity index (χ0v) is 10.2. The molecule has 1 aromatic carbocycles. The third kappa shape index (κ3) is 4.03. The van der Waals surface area contributed by atoms with Crippen molar-refractivity contribution in [1.29, 1.82) is 0 Å². The van der Waals surface area contributed by atoms with E-state index in [0.717, 1.165) is 19.5 Å². The van der Waals surface area contributed by atoms with Crippen molar-refractivity contribution in [3.05, 3.63) is 33.9 Å². The molecule has 0 fully saturated rings. The highest BCUT2D eigenvalue weighted by Crippen LogP contribution is 2.24. The normalized spacial score (nSPS) is 10.2. The zero-order chi connectivity index (χ0) is 12.7. The zero-order valence-electron chi connectivity index (χ0n) is 10.2. The van der Waals surface area contributed by atoms with Crippen molar-refractivity contribution in [1.82, 2.24) is 5.32 Å². The van der Waals surface area contributed by atoms with Crippen LogP contribution in [-0.2, 0) is 6.42 Å². The molecule has 1 rings (SSSR count). The van der Waals surface area contributed by atoms with Crippen LogP contribution in [0.1, 0.15) is 18.9 Å². The molecule has 0 spiro atoms. The Kier molecular flexibility index (Phi) is 5.42. The van der Waals surface area contributed by atoms with E-state index in [1.165, 1.54) is 6.07 Å². The van der Waals surface area contributed by atoms with Crippen LogP contribution in [0.15, 0.2) is 18.2 Å². The summed E-state index contributed by atoms with van der Waals surface area (Å²) in [5.74, 6) is 0.654. The second-order valence-electron chi connectivity index (χ2n) is 3.75. The van der Waals surface area contributed by atoms with Crippen molar-refractivity contribution in [2.45, 2.75) is 19.8 Å². The average Bonchev–Trinajstić information content (AvgIpc) is 2.34. The van der Waals surface area contributed by atoms with E-state index in [1.807, 2.05) is 0 Å². The van der Waals surface area contributed by atoms with E-state index in [0.29, 0.717) is 17.7 Å². The second-order valence-corrected chi connectivity index (χ2v) is 3.75. The van der Waals surface area contributed by atoms with Gasteiger partial charge in [-0.25, -0.2) is 0 Å². The monoisotopic (exact) mass is 238 g/mol.